The van der Waals surface area contributed by atoms with E-state index in [-0.39, 0.29) is 0 Å². The van der Waals surface area contributed by atoms with Gasteiger partial charge in [0.15, 0.2) is 0 Å². The van der Waals surface area contributed by atoms with Crippen LogP contribution in [0.1, 0.15) is 0 Å². The Kier molecular flexibility index (Phi) is 7.54. The third-order valence-corrected chi connectivity index (χ3v) is 11.9. The van der Waals surface area contributed by atoms with Crippen LogP contribution in [0, 0.1) is 0 Å². The molecule has 0 N–H and O–H groups in total. The van der Waals surface area contributed by atoms with Crippen molar-refractivity contribution < 1.29 is 8.83 Å². The fourth-order valence-electron chi connectivity index (χ4n) is 9.02. The Morgan fingerprint density at radius 1 is 0.271 bits per heavy atom. The van der Waals surface area contributed by atoms with Crippen LogP contribution in [0.3, 0.4) is 0 Å². The molecule has 12 aromatic rings. The van der Waals surface area contributed by atoms with Gasteiger partial charge in [0.1, 0.15) is 22.3 Å². The summed E-state index contributed by atoms with van der Waals surface area (Å²) in [7, 11) is 0. The van der Waals surface area contributed by atoms with E-state index in [1.54, 1.807) is 0 Å². The van der Waals surface area contributed by atoms with Gasteiger partial charge in [0.05, 0.1) is 0 Å². The first-order valence-electron chi connectivity index (χ1n) is 20.1. The molecule has 0 fully saturated rings. The monoisotopic (exact) mass is 753 g/mol. The molecule has 2 heterocycles. The largest absolute Gasteiger partial charge is 0.455 e. The van der Waals surface area contributed by atoms with Crippen LogP contribution in [0.2, 0.25) is 0 Å². The average Bonchev–Trinajstić information content (AvgIpc) is 3.89. The summed E-state index contributed by atoms with van der Waals surface area (Å²) in [5.41, 5.74) is 13.6. The van der Waals surface area contributed by atoms with Crippen molar-refractivity contribution in [1.82, 2.24) is 0 Å². The van der Waals surface area contributed by atoms with E-state index in [2.05, 4.69) is 205 Å². The first-order chi connectivity index (χ1) is 29.2. The van der Waals surface area contributed by atoms with Gasteiger partial charge < -0.3 is 13.7 Å². The normalized spacial score (nSPS) is 11.7. The number of hydrogen-bond donors (Lipinski definition) is 0. The van der Waals surface area contributed by atoms with Crippen molar-refractivity contribution in [2.75, 3.05) is 4.90 Å². The lowest BCUT2D eigenvalue weighted by atomic mass is 9.94. The molecule has 0 aliphatic rings. The number of rotatable bonds is 6. The Bertz CT molecular complexity index is 3540. The molecule has 12 rings (SSSR count). The Hall–Kier alpha value is -7.88. The molecule has 0 atom stereocenters. The lowest BCUT2D eigenvalue weighted by molar-refractivity contribution is 0.670. The van der Waals surface area contributed by atoms with Crippen molar-refractivity contribution in [3.05, 3.63) is 212 Å². The van der Waals surface area contributed by atoms with Crippen LogP contribution in [0.25, 0.3) is 98.8 Å². The number of fused-ring (bicyclic) bond motifs is 9. The van der Waals surface area contributed by atoms with Gasteiger partial charge in [0.2, 0.25) is 0 Å². The number of para-hydroxylation sites is 4. The van der Waals surface area contributed by atoms with E-state index in [0.717, 1.165) is 99.5 Å². The molecule has 0 saturated carbocycles. The summed E-state index contributed by atoms with van der Waals surface area (Å²) in [4.78, 5) is 2.31. The second-order valence-electron chi connectivity index (χ2n) is 15.2. The summed E-state index contributed by atoms with van der Waals surface area (Å²) in [6, 6.07) is 75.6. The molecule has 0 aliphatic heterocycles. The smallest absolute Gasteiger partial charge is 0.143 e. The fraction of sp³-hybridized carbons (Fsp3) is 0. The third kappa shape index (κ3) is 5.44. The highest BCUT2D eigenvalue weighted by molar-refractivity contribution is 6.21. The molecule has 276 valence electrons. The van der Waals surface area contributed by atoms with Gasteiger partial charge >= 0.3 is 0 Å². The molecule has 0 bridgehead atoms. The number of nitrogens with zero attached hydrogens (tertiary/aromatic N) is 1. The van der Waals surface area contributed by atoms with E-state index >= 15 is 0 Å². The van der Waals surface area contributed by atoms with Crippen molar-refractivity contribution in [3.8, 4) is 33.4 Å². The number of benzene rings is 10. The van der Waals surface area contributed by atoms with Crippen molar-refractivity contribution in [3.63, 3.8) is 0 Å². The van der Waals surface area contributed by atoms with Crippen molar-refractivity contribution in [2.24, 2.45) is 0 Å². The zero-order valence-corrected chi connectivity index (χ0v) is 32.0. The molecule has 3 heteroatoms. The van der Waals surface area contributed by atoms with Crippen LogP contribution in [0.5, 0.6) is 0 Å². The van der Waals surface area contributed by atoms with Gasteiger partial charge in [-0.3, -0.25) is 0 Å². The first-order valence-corrected chi connectivity index (χ1v) is 20.1. The lowest BCUT2D eigenvalue weighted by Crippen LogP contribution is -2.09. The zero-order valence-electron chi connectivity index (χ0n) is 32.0. The fourth-order valence-corrected chi connectivity index (χ4v) is 9.02. The van der Waals surface area contributed by atoms with E-state index in [9.17, 15) is 0 Å². The first kappa shape index (κ1) is 33.3. The van der Waals surface area contributed by atoms with Gasteiger partial charge in [0, 0.05) is 55.1 Å². The Morgan fingerprint density at radius 3 is 1.53 bits per heavy atom. The van der Waals surface area contributed by atoms with Crippen LogP contribution in [-0.4, -0.2) is 0 Å². The van der Waals surface area contributed by atoms with Crippen molar-refractivity contribution in [2.45, 2.75) is 0 Å². The summed E-state index contributed by atoms with van der Waals surface area (Å²) in [5, 5.41) is 9.21. The molecule has 2 aromatic heterocycles. The van der Waals surface area contributed by atoms with Crippen LogP contribution in [-0.2, 0) is 0 Å². The highest BCUT2D eigenvalue weighted by Gasteiger charge is 2.19. The lowest BCUT2D eigenvalue weighted by Gasteiger charge is -2.26. The van der Waals surface area contributed by atoms with Crippen LogP contribution < -0.4 is 4.90 Å². The van der Waals surface area contributed by atoms with Gasteiger partial charge in [-0.2, -0.15) is 0 Å². The van der Waals surface area contributed by atoms with E-state index in [1.165, 1.54) is 16.3 Å². The van der Waals surface area contributed by atoms with E-state index in [1.807, 2.05) is 12.1 Å². The predicted molar refractivity (Wildman–Crippen MR) is 247 cm³/mol. The number of anilines is 3. The summed E-state index contributed by atoms with van der Waals surface area (Å²) >= 11 is 0. The topological polar surface area (TPSA) is 29.5 Å². The molecule has 0 amide bonds. The predicted octanol–water partition coefficient (Wildman–Crippen LogP) is 16.3. The summed E-state index contributed by atoms with van der Waals surface area (Å²) in [6.45, 7) is 0. The zero-order chi connectivity index (χ0) is 38.9. The van der Waals surface area contributed by atoms with Gasteiger partial charge in [-0.1, -0.05) is 158 Å². The molecular formula is C56H35NO2. The molecule has 59 heavy (non-hydrogen) atoms. The van der Waals surface area contributed by atoms with Gasteiger partial charge in [-0.25, -0.2) is 0 Å². The number of furan rings is 2. The SMILES string of the molecule is c1ccc(N(c2ccc(-c3cc4c5cccc(-c6ccc7ccccc7c6)c5oc4c4ccccc34)cc2)c2ccc(-c3cccc4c3oc3ccccc34)cc2)cc1. The molecule has 0 spiro atoms. The molecular weight excluding hydrogens is 719 g/mol. The quantitative estimate of drug-likeness (QED) is 0.169. The molecule has 0 unspecified atom stereocenters. The highest BCUT2D eigenvalue weighted by Crippen LogP contribution is 2.44. The maximum atomic E-state index is 6.86. The molecule has 0 saturated heterocycles. The minimum Gasteiger partial charge on any atom is -0.455 e. The second kappa shape index (κ2) is 13.4. The molecule has 3 nitrogen and oxygen atoms in total. The summed E-state index contributed by atoms with van der Waals surface area (Å²) < 4.78 is 13.3. The van der Waals surface area contributed by atoms with E-state index < -0.39 is 0 Å². The molecule has 10 aromatic carbocycles. The average molecular weight is 754 g/mol. The summed E-state index contributed by atoms with van der Waals surface area (Å²) in [5.74, 6) is 0. The molecule has 0 aliphatic carbocycles. The minimum absolute atomic E-state index is 0.905. The van der Waals surface area contributed by atoms with Crippen molar-refractivity contribution in [1.29, 1.82) is 0 Å². The standard InChI is InChI=1S/C56H35NO2/c1-2-14-41(15-3-1)57(42-30-26-37(27-31-42)44-19-10-21-49-47-17-8-9-23-53(47)58-54(44)49)43-32-28-38(29-33-43)51-35-52-50-22-11-20-45(40-25-24-36-12-4-5-13-39(36)34-40)55(50)59-56(52)48-18-7-6-16-46(48)51/h1-35H. The maximum Gasteiger partial charge on any atom is 0.143 e. The Balaban J connectivity index is 0.946. The Labute approximate surface area is 340 Å². The van der Waals surface area contributed by atoms with Crippen LogP contribution >= 0.6 is 0 Å². The summed E-state index contributed by atoms with van der Waals surface area (Å²) in [6.07, 6.45) is 0. The van der Waals surface area contributed by atoms with Crippen LogP contribution in [0.15, 0.2) is 221 Å². The number of hydrogen-bond acceptors (Lipinski definition) is 3. The molecule has 0 radical (unpaired) electrons. The van der Waals surface area contributed by atoms with Gasteiger partial charge in [-0.05, 0) is 93.0 Å². The second-order valence-corrected chi connectivity index (χ2v) is 15.2. The van der Waals surface area contributed by atoms with Gasteiger partial charge in [-0.15, -0.1) is 0 Å². The Morgan fingerprint density at radius 2 is 0.780 bits per heavy atom. The minimum atomic E-state index is 0.905. The maximum absolute atomic E-state index is 6.86. The van der Waals surface area contributed by atoms with Crippen LogP contribution in [0.4, 0.5) is 17.1 Å². The third-order valence-electron chi connectivity index (χ3n) is 11.9. The highest BCUT2D eigenvalue weighted by atomic mass is 16.3. The van der Waals surface area contributed by atoms with Crippen molar-refractivity contribution >= 4 is 82.5 Å². The van der Waals surface area contributed by atoms with E-state index in [0.29, 0.717) is 0 Å². The van der Waals surface area contributed by atoms with E-state index in [4.69, 9.17) is 8.83 Å². The van der Waals surface area contributed by atoms with Gasteiger partial charge in [0.25, 0.3) is 0 Å².